The zero-order valence-corrected chi connectivity index (χ0v) is 6.29. The zero-order valence-electron chi connectivity index (χ0n) is 6.29. The fourth-order valence-corrected chi connectivity index (χ4v) is 0.645. The van der Waals surface area contributed by atoms with Crippen LogP contribution < -0.4 is 11.7 Å². The Morgan fingerprint density at radius 1 is 1.60 bits per heavy atom. The number of hydrazine groups is 2. The molecule has 0 bridgehead atoms. The van der Waals surface area contributed by atoms with E-state index in [1.165, 1.54) is 0 Å². The summed E-state index contributed by atoms with van der Waals surface area (Å²) in [6.45, 7) is 3.65. The van der Waals surface area contributed by atoms with Crippen molar-refractivity contribution in [2.75, 3.05) is 0 Å². The second-order valence-corrected chi connectivity index (χ2v) is 1.88. The van der Waals surface area contributed by atoms with Crippen LogP contribution in [0.5, 0.6) is 0 Å². The van der Waals surface area contributed by atoms with Crippen molar-refractivity contribution in [3.05, 3.63) is 11.6 Å². The van der Waals surface area contributed by atoms with Gasteiger partial charge in [-0.15, -0.1) is 0 Å². The van der Waals surface area contributed by atoms with Crippen LogP contribution in [0.15, 0.2) is 11.6 Å². The first kappa shape index (κ1) is 9.13. The summed E-state index contributed by atoms with van der Waals surface area (Å²) in [7, 11) is 0. The number of carbonyl (C=O) groups excluding carboxylic acids is 1. The lowest BCUT2D eigenvalue weighted by Crippen LogP contribution is -2.44. The molecule has 0 saturated carbocycles. The summed E-state index contributed by atoms with van der Waals surface area (Å²) >= 11 is 0. The fourth-order valence-electron chi connectivity index (χ4n) is 0.645. The van der Waals surface area contributed by atoms with Crippen molar-refractivity contribution in [3.8, 4) is 0 Å². The van der Waals surface area contributed by atoms with Gasteiger partial charge >= 0.3 is 0 Å². The standard InChI is InChI=1S/C6H13N3O/c1-3-5(4-2)6(10)9(7)8/h3H,4,7-8H2,1-2H3/b5-3+. The van der Waals surface area contributed by atoms with E-state index in [0.717, 1.165) is 0 Å². The van der Waals surface area contributed by atoms with Crippen LogP contribution in [0.4, 0.5) is 0 Å². The highest BCUT2D eigenvalue weighted by atomic mass is 16.2. The molecule has 0 atom stereocenters. The van der Waals surface area contributed by atoms with Gasteiger partial charge < -0.3 is 0 Å². The van der Waals surface area contributed by atoms with Crippen LogP contribution in [0.3, 0.4) is 0 Å². The van der Waals surface area contributed by atoms with E-state index in [1.54, 1.807) is 13.0 Å². The van der Waals surface area contributed by atoms with E-state index < -0.39 is 0 Å². The van der Waals surface area contributed by atoms with E-state index in [-0.39, 0.29) is 5.91 Å². The van der Waals surface area contributed by atoms with Crippen molar-refractivity contribution >= 4 is 5.91 Å². The number of rotatable bonds is 2. The Hall–Kier alpha value is -0.870. The Morgan fingerprint density at radius 2 is 2.10 bits per heavy atom. The molecule has 0 aliphatic carbocycles. The van der Waals surface area contributed by atoms with Gasteiger partial charge in [-0.3, -0.25) is 4.79 Å². The van der Waals surface area contributed by atoms with E-state index in [9.17, 15) is 4.79 Å². The molecule has 4 nitrogen and oxygen atoms in total. The summed E-state index contributed by atoms with van der Waals surface area (Å²) in [4.78, 5) is 10.9. The highest BCUT2D eigenvalue weighted by Crippen LogP contribution is 2.00. The lowest BCUT2D eigenvalue weighted by Gasteiger charge is -2.09. The minimum Gasteiger partial charge on any atom is -0.267 e. The Labute approximate surface area is 60.4 Å². The number of amides is 1. The van der Waals surface area contributed by atoms with Crippen molar-refractivity contribution < 1.29 is 4.79 Å². The van der Waals surface area contributed by atoms with Gasteiger partial charge in [-0.05, 0) is 13.3 Å². The van der Waals surface area contributed by atoms with Gasteiger partial charge in [-0.1, -0.05) is 13.0 Å². The molecule has 4 N–H and O–H groups in total. The summed E-state index contributed by atoms with van der Waals surface area (Å²) in [5.41, 5.74) is 0.630. The molecule has 0 aromatic rings. The van der Waals surface area contributed by atoms with Crippen LogP contribution in [0.1, 0.15) is 20.3 Å². The average molecular weight is 143 g/mol. The third-order valence-electron chi connectivity index (χ3n) is 1.24. The number of allylic oxidation sites excluding steroid dienone is 1. The summed E-state index contributed by atoms with van der Waals surface area (Å²) in [5, 5.41) is 0.596. The normalized spacial score (nSPS) is 11.4. The summed E-state index contributed by atoms with van der Waals surface area (Å²) < 4.78 is 0. The van der Waals surface area contributed by atoms with Gasteiger partial charge in [-0.25, -0.2) is 16.8 Å². The van der Waals surface area contributed by atoms with Gasteiger partial charge in [0, 0.05) is 5.57 Å². The number of carbonyl (C=O) groups is 1. The molecule has 1 amide bonds. The topological polar surface area (TPSA) is 72.3 Å². The molecule has 4 heteroatoms. The molecule has 0 radical (unpaired) electrons. The molecule has 0 rings (SSSR count). The third-order valence-corrected chi connectivity index (χ3v) is 1.24. The first-order chi connectivity index (χ1) is 4.63. The van der Waals surface area contributed by atoms with Gasteiger partial charge in [0.1, 0.15) is 0 Å². The predicted molar refractivity (Wildman–Crippen MR) is 39.3 cm³/mol. The Bertz CT molecular complexity index is 151. The van der Waals surface area contributed by atoms with Crippen LogP contribution in [0.25, 0.3) is 0 Å². The molecule has 0 saturated heterocycles. The molecule has 0 aromatic carbocycles. The largest absolute Gasteiger partial charge is 0.277 e. The molecule has 0 aliphatic rings. The maximum atomic E-state index is 10.9. The lowest BCUT2D eigenvalue weighted by atomic mass is 10.2. The van der Waals surface area contributed by atoms with Crippen LogP contribution >= 0.6 is 0 Å². The van der Waals surface area contributed by atoms with Crippen molar-refractivity contribution in [3.63, 3.8) is 0 Å². The number of hydrogen-bond donors (Lipinski definition) is 2. The molecule has 10 heavy (non-hydrogen) atoms. The minimum atomic E-state index is -0.329. The molecule has 0 unspecified atom stereocenters. The van der Waals surface area contributed by atoms with Crippen LogP contribution in [-0.2, 0) is 4.79 Å². The Morgan fingerprint density at radius 3 is 2.20 bits per heavy atom. The van der Waals surface area contributed by atoms with Gasteiger partial charge in [0.25, 0.3) is 5.91 Å². The Kier molecular flexibility index (Phi) is 3.68. The van der Waals surface area contributed by atoms with E-state index in [2.05, 4.69) is 0 Å². The second kappa shape index (κ2) is 4.03. The summed E-state index contributed by atoms with van der Waals surface area (Å²) in [6.07, 6.45) is 2.36. The maximum absolute atomic E-state index is 10.9. The van der Waals surface area contributed by atoms with Gasteiger partial charge in [0.2, 0.25) is 0 Å². The molecule has 58 valence electrons. The molecule has 0 fully saturated rings. The van der Waals surface area contributed by atoms with Crippen molar-refractivity contribution in [1.29, 1.82) is 0 Å². The molecular weight excluding hydrogens is 130 g/mol. The first-order valence-electron chi connectivity index (χ1n) is 3.12. The monoisotopic (exact) mass is 143 g/mol. The van der Waals surface area contributed by atoms with Gasteiger partial charge in [0.15, 0.2) is 0 Å². The zero-order chi connectivity index (χ0) is 8.15. The fraction of sp³-hybridized carbons (Fsp3) is 0.500. The molecule has 0 aliphatic heterocycles. The molecule has 0 aromatic heterocycles. The second-order valence-electron chi connectivity index (χ2n) is 1.88. The quantitative estimate of drug-likeness (QED) is 0.246. The highest BCUT2D eigenvalue weighted by molar-refractivity contribution is 5.92. The number of nitrogens with zero attached hydrogens (tertiary/aromatic N) is 1. The van der Waals surface area contributed by atoms with E-state index in [1.807, 2.05) is 6.92 Å². The summed E-state index contributed by atoms with van der Waals surface area (Å²) in [6, 6.07) is 0. The van der Waals surface area contributed by atoms with Crippen LogP contribution in [0, 0.1) is 0 Å². The first-order valence-corrected chi connectivity index (χ1v) is 3.12. The maximum Gasteiger partial charge on any atom is 0.277 e. The average Bonchev–Trinajstić information content (AvgIpc) is 1.90. The highest BCUT2D eigenvalue weighted by Gasteiger charge is 2.08. The SMILES string of the molecule is C/C=C(\CC)C(=O)N(N)N. The van der Waals surface area contributed by atoms with Crippen molar-refractivity contribution in [2.45, 2.75) is 20.3 Å². The minimum absolute atomic E-state index is 0.329. The predicted octanol–water partition coefficient (Wildman–Crippen LogP) is -0.0813. The van der Waals surface area contributed by atoms with Gasteiger partial charge in [0.05, 0.1) is 0 Å². The molecule has 0 heterocycles. The number of nitrogens with two attached hydrogens (primary N) is 2. The number of hydrogen-bond acceptors (Lipinski definition) is 3. The van der Waals surface area contributed by atoms with Gasteiger partial charge in [-0.2, -0.15) is 0 Å². The van der Waals surface area contributed by atoms with E-state index in [0.29, 0.717) is 17.1 Å². The molecule has 0 spiro atoms. The smallest absolute Gasteiger partial charge is 0.267 e. The lowest BCUT2D eigenvalue weighted by molar-refractivity contribution is -0.127. The van der Waals surface area contributed by atoms with Crippen LogP contribution in [0.2, 0.25) is 0 Å². The third kappa shape index (κ3) is 2.16. The Balaban J connectivity index is 4.18. The van der Waals surface area contributed by atoms with Crippen molar-refractivity contribution in [2.24, 2.45) is 11.7 Å². The van der Waals surface area contributed by atoms with Crippen molar-refractivity contribution in [1.82, 2.24) is 5.12 Å². The van der Waals surface area contributed by atoms with E-state index >= 15 is 0 Å². The molecular formula is C6H13N3O. The van der Waals surface area contributed by atoms with E-state index in [4.69, 9.17) is 11.7 Å². The van der Waals surface area contributed by atoms with Crippen LogP contribution in [-0.4, -0.2) is 11.0 Å². The summed E-state index contributed by atoms with van der Waals surface area (Å²) in [5.74, 6) is 9.69.